The first-order chi connectivity index (χ1) is 8.04. The van der Waals surface area contributed by atoms with Gasteiger partial charge in [0.05, 0.1) is 12.8 Å². The van der Waals surface area contributed by atoms with E-state index in [0.29, 0.717) is 5.69 Å². The number of methoxy groups -OCH3 is 1. The van der Waals surface area contributed by atoms with E-state index in [1.54, 1.807) is 6.07 Å². The van der Waals surface area contributed by atoms with E-state index < -0.39 is 11.8 Å². The minimum atomic E-state index is -0.752. The molecule has 1 aromatic carbocycles. The summed E-state index contributed by atoms with van der Waals surface area (Å²) < 4.78 is 4.46. The first-order valence-corrected chi connectivity index (χ1v) is 5.04. The maximum Gasteiger partial charge on any atom is 0.362 e. The molecule has 1 rings (SSSR count). The van der Waals surface area contributed by atoms with Crippen LogP contribution in [0, 0.1) is 6.92 Å². The van der Waals surface area contributed by atoms with Gasteiger partial charge in [0.1, 0.15) is 0 Å². The van der Waals surface area contributed by atoms with Crippen molar-refractivity contribution >= 4 is 23.2 Å². The minimum Gasteiger partial charge on any atom is -0.464 e. The Morgan fingerprint density at radius 2 is 2.06 bits per heavy atom. The Morgan fingerprint density at radius 3 is 2.59 bits per heavy atom. The normalized spacial score (nSPS) is 10.9. The molecule has 0 aromatic heterocycles. The minimum absolute atomic E-state index is 0.256. The zero-order valence-electron chi connectivity index (χ0n) is 9.98. The molecule has 0 aliphatic rings. The van der Waals surface area contributed by atoms with E-state index in [1.165, 1.54) is 14.0 Å². The molecule has 0 radical (unpaired) electrons. The number of ketones is 1. The third kappa shape index (κ3) is 3.71. The number of esters is 1. The highest BCUT2D eigenvalue weighted by molar-refractivity contribution is 6.64. The Hall–Kier alpha value is -2.17. The molecule has 90 valence electrons. The third-order valence-corrected chi connectivity index (χ3v) is 2.03. The highest BCUT2D eigenvalue weighted by atomic mass is 16.5. The number of aryl methyl sites for hydroxylation is 1. The number of ether oxygens (including phenoxy) is 1. The van der Waals surface area contributed by atoms with Gasteiger partial charge in [0.25, 0.3) is 0 Å². The summed E-state index contributed by atoms with van der Waals surface area (Å²) in [5.41, 5.74) is 4.14. The molecule has 0 spiro atoms. The van der Waals surface area contributed by atoms with Gasteiger partial charge in [-0.3, -0.25) is 10.2 Å². The van der Waals surface area contributed by atoms with E-state index in [1.807, 2.05) is 25.1 Å². The number of Topliss-reactive ketones (excluding diaryl/α,β-unsaturated/α-hetero) is 1. The number of benzene rings is 1. The molecular weight excluding hydrogens is 220 g/mol. The van der Waals surface area contributed by atoms with Crippen molar-refractivity contribution < 1.29 is 14.3 Å². The van der Waals surface area contributed by atoms with Crippen LogP contribution >= 0.6 is 0 Å². The molecule has 0 heterocycles. The first-order valence-electron chi connectivity index (χ1n) is 5.04. The van der Waals surface area contributed by atoms with Crippen molar-refractivity contribution in [2.45, 2.75) is 13.8 Å². The van der Waals surface area contributed by atoms with E-state index in [0.717, 1.165) is 5.56 Å². The number of rotatable bonds is 4. The van der Waals surface area contributed by atoms with Crippen LogP contribution < -0.4 is 5.43 Å². The summed E-state index contributed by atoms with van der Waals surface area (Å²) in [6.45, 7) is 3.19. The molecule has 17 heavy (non-hydrogen) atoms. The number of carbonyl (C=O) groups excluding carboxylic acids is 2. The van der Waals surface area contributed by atoms with Crippen LogP contribution in [-0.4, -0.2) is 24.6 Å². The summed E-state index contributed by atoms with van der Waals surface area (Å²) in [4.78, 5) is 22.4. The average molecular weight is 234 g/mol. The maximum absolute atomic E-state index is 11.2. The highest BCUT2D eigenvalue weighted by Gasteiger charge is 2.16. The van der Waals surface area contributed by atoms with Gasteiger partial charge in [0.15, 0.2) is 5.78 Å². The molecule has 0 atom stereocenters. The zero-order valence-corrected chi connectivity index (χ0v) is 9.98. The number of anilines is 1. The Kier molecular flexibility index (Phi) is 4.39. The second-order valence-corrected chi connectivity index (χ2v) is 3.49. The van der Waals surface area contributed by atoms with Gasteiger partial charge in [-0.05, 0) is 24.6 Å². The van der Waals surface area contributed by atoms with Crippen molar-refractivity contribution in [2.75, 3.05) is 12.5 Å². The fraction of sp³-hybridized carbons (Fsp3) is 0.250. The topological polar surface area (TPSA) is 67.8 Å². The van der Waals surface area contributed by atoms with E-state index in [-0.39, 0.29) is 5.71 Å². The number of carbonyl (C=O) groups is 2. The van der Waals surface area contributed by atoms with E-state index >= 15 is 0 Å². The van der Waals surface area contributed by atoms with E-state index in [9.17, 15) is 9.59 Å². The van der Waals surface area contributed by atoms with Crippen LogP contribution in [0.2, 0.25) is 0 Å². The monoisotopic (exact) mass is 234 g/mol. The van der Waals surface area contributed by atoms with Crippen molar-refractivity contribution in [1.82, 2.24) is 0 Å². The quantitative estimate of drug-likeness (QED) is 0.371. The van der Waals surface area contributed by atoms with Crippen LogP contribution in [0.15, 0.2) is 29.4 Å². The number of hydrazone groups is 1. The largest absolute Gasteiger partial charge is 0.464 e. The van der Waals surface area contributed by atoms with Crippen LogP contribution in [0.25, 0.3) is 0 Å². The van der Waals surface area contributed by atoms with Gasteiger partial charge in [-0.1, -0.05) is 12.1 Å². The van der Waals surface area contributed by atoms with Gasteiger partial charge in [-0.25, -0.2) is 4.79 Å². The Labute approximate surface area is 99.5 Å². The summed E-state index contributed by atoms with van der Waals surface area (Å²) in [6.07, 6.45) is 0. The molecule has 0 aliphatic carbocycles. The van der Waals surface area contributed by atoms with Crippen molar-refractivity contribution in [1.29, 1.82) is 0 Å². The molecule has 0 saturated heterocycles. The lowest BCUT2D eigenvalue weighted by Gasteiger charge is -2.03. The second-order valence-electron chi connectivity index (χ2n) is 3.49. The smallest absolute Gasteiger partial charge is 0.362 e. The van der Waals surface area contributed by atoms with Crippen LogP contribution in [-0.2, 0) is 14.3 Å². The van der Waals surface area contributed by atoms with Crippen molar-refractivity contribution in [3.63, 3.8) is 0 Å². The number of nitrogens with zero attached hydrogens (tertiary/aromatic N) is 1. The first kappa shape index (κ1) is 12.9. The fourth-order valence-corrected chi connectivity index (χ4v) is 1.20. The zero-order chi connectivity index (χ0) is 12.8. The predicted octanol–water partition coefficient (Wildman–Crippen LogP) is 1.52. The average Bonchev–Trinajstić information content (AvgIpc) is 2.28. The lowest BCUT2D eigenvalue weighted by Crippen LogP contribution is -2.24. The fourth-order valence-electron chi connectivity index (χ4n) is 1.20. The number of hydrogen-bond acceptors (Lipinski definition) is 5. The van der Waals surface area contributed by atoms with Crippen molar-refractivity contribution in [3.05, 3.63) is 29.8 Å². The maximum atomic E-state index is 11.2. The molecule has 5 nitrogen and oxygen atoms in total. The van der Waals surface area contributed by atoms with Crippen LogP contribution in [0.3, 0.4) is 0 Å². The van der Waals surface area contributed by atoms with Crippen LogP contribution in [0.5, 0.6) is 0 Å². The molecule has 0 aliphatic heterocycles. The molecule has 1 aromatic rings. The van der Waals surface area contributed by atoms with Gasteiger partial charge in [0, 0.05) is 6.92 Å². The Morgan fingerprint density at radius 1 is 1.35 bits per heavy atom. The molecular formula is C12H14N2O3. The van der Waals surface area contributed by atoms with Crippen LogP contribution in [0.1, 0.15) is 12.5 Å². The molecule has 0 amide bonds. The molecule has 0 unspecified atom stereocenters. The highest BCUT2D eigenvalue weighted by Crippen LogP contribution is 2.09. The SMILES string of the molecule is COC(=O)/C(=N/Nc1cccc(C)c1)C(C)=O. The summed E-state index contributed by atoms with van der Waals surface area (Å²) in [5, 5.41) is 3.75. The van der Waals surface area contributed by atoms with Gasteiger partial charge in [-0.15, -0.1) is 0 Å². The van der Waals surface area contributed by atoms with Crippen molar-refractivity contribution in [3.8, 4) is 0 Å². The summed E-state index contributed by atoms with van der Waals surface area (Å²) in [6, 6.07) is 7.41. The number of nitrogens with one attached hydrogen (secondary N) is 1. The lowest BCUT2D eigenvalue weighted by atomic mass is 10.2. The molecule has 0 fully saturated rings. The Balaban J connectivity index is 2.87. The second kappa shape index (κ2) is 5.79. The van der Waals surface area contributed by atoms with Crippen LogP contribution in [0.4, 0.5) is 5.69 Å². The molecule has 0 bridgehead atoms. The van der Waals surface area contributed by atoms with E-state index in [4.69, 9.17) is 0 Å². The van der Waals surface area contributed by atoms with E-state index in [2.05, 4.69) is 15.3 Å². The van der Waals surface area contributed by atoms with Gasteiger partial charge in [0.2, 0.25) is 5.71 Å². The molecule has 5 heteroatoms. The summed E-state index contributed by atoms with van der Waals surface area (Å²) >= 11 is 0. The van der Waals surface area contributed by atoms with Gasteiger partial charge < -0.3 is 4.74 Å². The predicted molar refractivity (Wildman–Crippen MR) is 64.9 cm³/mol. The summed E-state index contributed by atoms with van der Waals surface area (Å²) in [7, 11) is 1.20. The number of hydrogen-bond donors (Lipinski definition) is 1. The van der Waals surface area contributed by atoms with Gasteiger partial charge >= 0.3 is 5.97 Å². The third-order valence-electron chi connectivity index (χ3n) is 2.03. The van der Waals surface area contributed by atoms with Gasteiger partial charge in [-0.2, -0.15) is 5.10 Å². The lowest BCUT2D eigenvalue weighted by molar-refractivity contribution is -0.133. The Bertz CT molecular complexity index is 467. The van der Waals surface area contributed by atoms with Crippen molar-refractivity contribution in [2.24, 2.45) is 5.10 Å². The molecule has 1 N–H and O–H groups in total. The summed E-state index contributed by atoms with van der Waals surface area (Å²) in [5.74, 6) is -1.20. The molecule has 0 saturated carbocycles. The standard InChI is InChI=1S/C12H14N2O3/c1-8-5-4-6-10(7-8)13-14-11(9(2)15)12(16)17-3/h4-7,13H,1-3H3/b14-11+.